The van der Waals surface area contributed by atoms with Crippen LogP contribution in [0.25, 0.3) is 6.08 Å². The highest BCUT2D eigenvalue weighted by Gasteiger charge is 2.45. The van der Waals surface area contributed by atoms with Crippen LogP contribution in [-0.4, -0.2) is 74.2 Å². The van der Waals surface area contributed by atoms with Gasteiger partial charge in [-0.3, -0.25) is 0 Å². The van der Waals surface area contributed by atoms with Crippen LogP contribution in [0.4, 0.5) is 5.82 Å². The number of nitrogens with zero attached hydrogens (tertiary/aromatic N) is 1. The number of carbonyl (C=O) groups is 2. The van der Waals surface area contributed by atoms with Gasteiger partial charge >= 0.3 is 11.9 Å². The minimum Gasteiger partial charge on any atom is -0.493 e. The number of fused-ring (bicyclic) bond motifs is 2. The zero-order valence-electron chi connectivity index (χ0n) is 29.2. The lowest BCUT2D eigenvalue weighted by Crippen LogP contribution is -2.37. The van der Waals surface area contributed by atoms with E-state index in [9.17, 15) is 9.59 Å². The summed E-state index contributed by atoms with van der Waals surface area (Å²) in [7, 11) is 1.51. The molecule has 3 aromatic rings. The molecule has 0 bridgehead atoms. The van der Waals surface area contributed by atoms with E-state index >= 15 is 0 Å². The van der Waals surface area contributed by atoms with Gasteiger partial charge in [-0.2, -0.15) is 0 Å². The molecule has 2 aliphatic rings. The van der Waals surface area contributed by atoms with Crippen LogP contribution in [0.15, 0.2) is 85.1 Å². The number of hydrogen-bond donors (Lipinski definition) is 1. The molecule has 2 aromatic carbocycles. The highest BCUT2D eigenvalue weighted by Crippen LogP contribution is 2.36. The smallest absolute Gasteiger partial charge is 0.342 e. The number of nitrogens with one attached hydrogen (secondary N) is 1. The lowest BCUT2D eigenvalue weighted by atomic mass is 9.98. The maximum Gasteiger partial charge on any atom is 0.342 e. The van der Waals surface area contributed by atoms with Gasteiger partial charge in [-0.15, -0.1) is 0 Å². The molecule has 5 rings (SSSR count). The van der Waals surface area contributed by atoms with Crippen molar-refractivity contribution in [2.75, 3.05) is 32.4 Å². The summed E-state index contributed by atoms with van der Waals surface area (Å²) in [5.74, 6) is -0.630. The molecule has 11 nitrogen and oxygen atoms in total. The van der Waals surface area contributed by atoms with Crippen molar-refractivity contribution in [1.82, 2.24) is 4.98 Å². The van der Waals surface area contributed by atoms with E-state index in [4.69, 9.17) is 33.2 Å². The summed E-state index contributed by atoms with van der Waals surface area (Å²) in [6.07, 6.45) is 7.81. The number of pyridine rings is 1. The first-order chi connectivity index (χ1) is 24.1. The molecule has 266 valence electrons. The van der Waals surface area contributed by atoms with E-state index in [1.165, 1.54) is 7.11 Å². The minimum atomic E-state index is -0.925. The lowest BCUT2D eigenvalue weighted by molar-refractivity contribution is -0.152. The number of cyclic esters (lactones) is 1. The molecular weight excluding hydrogens is 640 g/mol. The topological polar surface area (TPSA) is 124 Å². The number of hydrogen-bond acceptors (Lipinski definition) is 11. The monoisotopic (exact) mass is 686 g/mol. The zero-order valence-corrected chi connectivity index (χ0v) is 29.2. The van der Waals surface area contributed by atoms with Crippen molar-refractivity contribution in [2.24, 2.45) is 5.92 Å². The lowest BCUT2D eigenvalue weighted by Gasteiger charge is -2.25. The Balaban J connectivity index is 1.43. The third-order valence-electron chi connectivity index (χ3n) is 8.30. The van der Waals surface area contributed by atoms with Crippen LogP contribution in [-0.2, 0) is 23.7 Å². The summed E-state index contributed by atoms with van der Waals surface area (Å²) in [6, 6.07) is 18.0. The molecule has 0 amide bonds. The average molecular weight is 687 g/mol. The van der Waals surface area contributed by atoms with Gasteiger partial charge in [0.1, 0.15) is 41.2 Å². The van der Waals surface area contributed by atoms with Crippen molar-refractivity contribution in [2.45, 2.75) is 70.7 Å². The second-order valence-electron chi connectivity index (χ2n) is 12.6. The van der Waals surface area contributed by atoms with Crippen molar-refractivity contribution >= 4 is 23.8 Å². The van der Waals surface area contributed by atoms with Crippen LogP contribution >= 0.6 is 0 Å². The summed E-state index contributed by atoms with van der Waals surface area (Å²) in [5.41, 5.74) is 1.22. The zero-order chi connectivity index (χ0) is 35.5. The predicted octanol–water partition coefficient (Wildman–Crippen LogP) is 6.85. The first-order valence-electron chi connectivity index (χ1n) is 16.9. The van der Waals surface area contributed by atoms with Crippen molar-refractivity contribution in [3.05, 3.63) is 102 Å². The van der Waals surface area contributed by atoms with Crippen LogP contribution in [0.3, 0.4) is 0 Å². The largest absolute Gasteiger partial charge is 0.493 e. The minimum absolute atomic E-state index is 0.0807. The number of benzene rings is 2. The van der Waals surface area contributed by atoms with Crippen LogP contribution < -0.4 is 14.8 Å². The number of methoxy groups -OCH3 is 1. The Morgan fingerprint density at radius 3 is 2.58 bits per heavy atom. The van der Waals surface area contributed by atoms with Crippen molar-refractivity contribution in [3.63, 3.8) is 0 Å². The van der Waals surface area contributed by atoms with Gasteiger partial charge in [0, 0.05) is 31.8 Å². The third-order valence-corrected chi connectivity index (χ3v) is 8.30. The number of carbonyl (C=O) groups excluding carboxylic acids is 2. The van der Waals surface area contributed by atoms with Gasteiger partial charge in [0.05, 0.1) is 18.3 Å². The molecule has 0 spiro atoms. The standard InChI is InChI=1S/C39H46N2O9/c1-26-18-19-31(48-37(42)28-13-7-6-8-14-28)36-32(49-39(3,4)50-36)16-11-15-29-23-30(45-22-12-21-41-34-17-9-10-20-40-34)24-33(46-25-44-5)35(29)38(43)47-27(26)2/h6-11,13-15,17-20,23-24,26-27,31-32,36H,12,16,21-22,25H2,1-5H3,(H,40,41)/b15-11?,19-18-/t26-,27?,31?,32?,36?/m1/s1. The van der Waals surface area contributed by atoms with Gasteiger partial charge in [-0.1, -0.05) is 49.4 Å². The van der Waals surface area contributed by atoms with Gasteiger partial charge < -0.3 is 38.5 Å². The molecule has 50 heavy (non-hydrogen) atoms. The Morgan fingerprint density at radius 1 is 1.02 bits per heavy atom. The van der Waals surface area contributed by atoms with E-state index in [0.29, 0.717) is 42.9 Å². The summed E-state index contributed by atoms with van der Waals surface area (Å²) in [4.78, 5) is 31.3. The van der Waals surface area contributed by atoms with Gasteiger partial charge in [-0.25, -0.2) is 14.6 Å². The van der Waals surface area contributed by atoms with E-state index in [-0.39, 0.29) is 24.0 Å². The second-order valence-corrected chi connectivity index (χ2v) is 12.6. The highest BCUT2D eigenvalue weighted by molar-refractivity contribution is 5.97. The molecule has 1 saturated heterocycles. The number of anilines is 1. The van der Waals surface area contributed by atoms with Crippen LogP contribution in [0.1, 0.15) is 66.8 Å². The summed E-state index contributed by atoms with van der Waals surface area (Å²) in [6.45, 7) is 8.39. The van der Waals surface area contributed by atoms with E-state index in [2.05, 4.69) is 10.3 Å². The summed E-state index contributed by atoms with van der Waals surface area (Å²) < 4.78 is 41.9. The normalized spacial score (nSPS) is 23.8. The Bertz CT molecular complexity index is 1630. The Hall–Kier alpha value is -4.71. The number of ether oxygens (including phenoxy) is 7. The van der Waals surface area contributed by atoms with Crippen LogP contribution in [0.2, 0.25) is 0 Å². The molecule has 1 N–H and O–H groups in total. The van der Waals surface area contributed by atoms with E-state index in [1.54, 1.807) is 48.7 Å². The number of rotatable bonds is 11. The molecule has 2 aliphatic heterocycles. The van der Waals surface area contributed by atoms with Gasteiger partial charge in [0.2, 0.25) is 0 Å². The van der Waals surface area contributed by atoms with Crippen molar-refractivity contribution < 1.29 is 42.7 Å². The molecule has 0 saturated carbocycles. The molecule has 1 fully saturated rings. The maximum absolute atomic E-state index is 13.8. The van der Waals surface area contributed by atoms with E-state index < -0.39 is 42.1 Å². The fraction of sp³-hybridized carbons (Fsp3) is 0.410. The predicted molar refractivity (Wildman–Crippen MR) is 188 cm³/mol. The van der Waals surface area contributed by atoms with Crippen molar-refractivity contribution in [3.8, 4) is 11.5 Å². The fourth-order valence-corrected chi connectivity index (χ4v) is 5.64. The molecule has 5 atom stereocenters. The number of esters is 2. The first kappa shape index (κ1) is 36.6. The molecular formula is C39H46N2O9. The van der Waals surface area contributed by atoms with Gasteiger partial charge in [0.15, 0.2) is 12.6 Å². The quantitative estimate of drug-likeness (QED) is 0.0987. The second kappa shape index (κ2) is 17.3. The molecule has 4 unspecified atom stereocenters. The van der Waals surface area contributed by atoms with Gasteiger partial charge in [0.25, 0.3) is 0 Å². The maximum atomic E-state index is 13.8. The summed E-state index contributed by atoms with van der Waals surface area (Å²) in [5, 5.41) is 3.27. The molecule has 1 aromatic heterocycles. The molecule has 0 radical (unpaired) electrons. The van der Waals surface area contributed by atoms with E-state index in [0.717, 1.165) is 5.82 Å². The highest BCUT2D eigenvalue weighted by atomic mass is 16.8. The Kier molecular flexibility index (Phi) is 12.6. The van der Waals surface area contributed by atoms with Crippen LogP contribution in [0.5, 0.6) is 11.5 Å². The van der Waals surface area contributed by atoms with Gasteiger partial charge in [-0.05, 0) is 75.6 Å². The molecule has 11 heteroatoms. The molecule has 3 heterocycles. The summed E-state index contributed by atoms with van der Waals surface area (Å²) >= 11 is 0. The first-order valence-corrected chi connectivity index (χ1v) is 16.9. The molecule has 0 aliphatic carbocycles. The van der Waals surface area contributed by atoms with Crippen molar-refractivity contribution in [1.29, 1.82) is 0 Å². The Labute approximate surface area is 293 Å². The average Bonchev–Trinajstić information content (AvgIpc) is 3.42. The number of aromatic nitrogens is 1. The SMILES string of the molecule is COCOc1cc(OCCCNc2ccccn2)cc2c1C(=O)OC(C)[C@H](C)/C=C\C(OC(=O)c1ccccc1)C1OC(C)(C)OC1CC=C2. The third kappa shape index (κ3) is 9.93. The fourth-order valence-electron chi connectivity index (χ4n) is 5.64. The Morgan fingerprint density at radius 2 is 1.82 bits per heavy atom. The van der Waals surface area contributed by atoms with Crippen LogP contribution in [0, 0.1) is 5.92 Å². The van der Waals surface area contributed by atoms with E-state index in [1.807, 2.05) is 70.2 Å².